The predicted molar refractivity (Wildman–Crippen MR) is 78.7 cm³/mol. The number of benzene rings is 2. The van der Waals surface area contributed by atoms with Gasteiger partial charge in [-0.3, -0.25) is 4.79 Å². The van der Waals surface area contributed by atoms with Crippen molar-refractivity contribution in [3.05, 3.63) is 53.6 Å². The van der Waals surface area contributed by atoms with E-state index in [4.69, 9.17) is 0 Å². The highest BCUT2D eigenvalue weighted by Crippen LogP contribution is 2.37. The topological polar surface area (TPSA) is 29.1 Å². The summed E-state index contributed by atoms with van der Waals surface area (Å²) in [4.78, 5) is 12.3. The Labute approximate surface area is 113 Å². The Hall–Kier alpha value is -2.09. The van der Waals surface area contributed by atoms with Gasteiger partial charge in [-0.05, 0) is 29.7 Å². The highest BCUT2D eigenvalue weighted by atomic mass is 16.1. The molecule has 2 nitrogen and oxygen atoms in total. The van der Waals surface area contributed by atoms with E-state index in [1.807, 2.05) is 36.4 Å². The summed E-state index contributed by atoms with van der Waals surface area (Å²) in [6.07, 6.45) is 2.31. The van der Waals surface area contributed by atoms with E-state index in [2.05, 4.69) is 18.3 Å². The van der Waals surface area contributed by atoms with Crippen LogP contribution in [-0.4, -0.2) is 12.3 Å². The van der Waals surface area contributed by atoms with Crippen molar-refractivity contribution in [1.29, 1.82) is 0 Å². The fourth-order valence-corrected chi connectivity index (χ4v) is 2.55. The van der Waals surface area contributed by atoms with E-state index >= 15 is 0 Å². The van der Waals surface area contributed by atoms with Crippen molar-refractivity contribution in [1.82, 2.24) is 0 Å². The molecule has 19 heavy (non-hydrogen) atoms. The first-order valence-corrected chi connectivity index (χ1v) is 6.83. The Bertz CT molecular complexity index is 631. The molecule has 2 aromatic rings. The van der Waals surface area contributed by atoms with Crippen LogP contribution in [0.25, 0.3) is 11.1 Å². The van der Waals surface area contributed by atoms with E-state index in [0.717, 1.165) is 40.9 Å². The van der Waals surface area contributed by atoms with Gasteiger partial charge in [0.05, 0.1) is 0 Å². The summed E-state index contributed by atoms with van der Waals surface area (Å²) in [5.74, 6) is 0.143. The van der Waals surface area contributed by atoms with Crippen molar-refractivity contribution in [2.24, 2.45) is 0 Å². The van der Waals surface area contributed by atoms with Gasteiger partial charge >= 0.3 is 0 Å². The van der Waals surface area contributed by atoms with Crippen LogP contribution in [0.2, 0.25) is 0 Å². The van der Waals surface area contributed by atoms with Crippen LogP contribution in [0.4, 0.5) is 5.69 Å². The first-order valence-electron chi connectivity index (χ1n) is 6.83. The summed E-state index contributed by atoms with van der Waals surface area (Å²) in [7, 11) is 0. The fourth-order valence-electron chi connectivity index (χ4n) is 2.55. The average Bonchev–Trinajstić information content (AvgIpc) is 2.73. The van der Waals surface area contributed by atoms with Crippen molar-refractivity contribution in [2.75, 3.05) is 11.9 Å². The number of ketones is 1. The third-order valence-corrected chi connectivity index (χ3v) is 3.59. The van der Waals surface area contributed by atoms with Gasteiger partial charge in [0.1, 0.15) is 0 Å². The van der Waals surface area contributed by atoms with Gasteiger partial charge in [-0.2, -0.15) is 0 Å². The zero-order valence-electron chi connectivity index (χ0n) is 11.1. The second-order valence-corrected chi connectivity index (χ2v) is 4.92. The van der Waals surface area contributed by atoms with Crippen LogP contribution in [0.5, 0.6) is 0 Å². The minimum Gasteiger partial charge on any atom is -0.385 e. The summed E-state index contributed by atoms with van der Waals surface area (Å²) in [5.41, 5.74) is 4.79. The summed E-state index contributed by atoms with van der Waals surface area (Å²) < 4.78 is 0. The van der Waals surface area contributed by atoms with Gasteiger partial charge < -0.3 is 5.32 Å². The molecule has 0 radical (unpaired) electrons. The lowest BCUT2D eigenvalue weighted by Crippen LogP contribution is -2.02. The third kappa shape index (κ3) is 2.03. The standard InChI is InChI=1S/C17H17NO/c1-2-3-10-18-12-8-9-14-13-6-4-5-7-15(13)17(19)16(14)11-12/h4-9,11,18H,2-3,10H2,1H3. The molecule has 2 heteroatoms. The lowest BCUT2D eigenvalue weighted by atomic mass is 10.1. The number of anilines is 1. The molecule has 0 aliphatic heterocycles. The zero-order chi connectivity index (χ0) is 13.2. The number of carbonyl (C=O) groups excluding carboxylic acids is 1. The van der Waals surface area contributed by atoms with Crippen LogP contribution in [0, 0.1) is 0 Å². The highest BCUT2D eigenvalue weighted by molar-refractivity contribution is 6.22. The molecule has 0 amide bonds. The first-order chi connectivity index (χ1) is 9.31. The molecule has 1 aliphatic carbocycles. The molecule has 1 aliphatic rings. The number of nitrogens with one attached hydrogen (secondary N) is 1. The van der Waals surface area contributed by atoms with Crippen LogP contribution in [0.1, 0.15) is 35.7 Å². The molecule has 0 saturated heterocycles. The molecule has 0 bridgehead atoms. The molecule has 0 aromatic heterocycles. The Balaban J connectivity index is 1.94. The third-order valence-electron chi connectivity index (χ3n) is 3.59. The van der Waals surface area contributed by atoms with E-state index < -0.39 is 0 Å². The van der Waals surface area contributed by atoms with Crippen molar-refractivity contribution >= 4 is 11.5 Å². The van der Waals surface area contributed by atoms with Gasteiger partial charge in [0, 0.05) is 23.4 Å². The quantitative estimate of drug-likeness (QED) is 0.707. The number of fused-ring (bicyclic) bond motifs is 3. The van der Waals surface area contributed by atoms with Gasteiger partial charge in [0.15, 0.2) is 5.78 Å². The molecule has 96 valence electrons. The average molecular weight is 251 g/mol. The maximum Gasteiger partial charge on any atom is 0.194 e. The molecule has 0 atom stereocenters. The minimum atomic E-state index is 0.143. The maximum absolute atomic E-state index is 12.3. The van der Waals surface area contributed by atoms with E-state index in [-0.39, 0.29) is 5.78 Å². The normalized spacial score (nSPS) is 12.2. The van der Waals surface area contributed by atoms with Crippen LogP contribution in [0.3, 0.4) is 0 Å². The molecule has 0 fully saturated rings. The largest absolute Gasteiger partial charge is 0.385 e. The summed E-state index contributed by atoms with van der Waals surface area (Å²) in [6, 6.07) is 13.9. The van der Waals surface area contributed by atoms with E-state index in [1.54, 1.807) is 0 Å². The van der Waals surface area contributed by atoms with Crippen LogP contribution >= 0.6 is 0 Å². The Morgan fingerprint density at radius 1 is 0.947 bits per heavy atom. The van der Waals surface area contributed by atoms with Crippen molar-refractivity contribution < 1.29 is 4.79 Å². The Kier molecular flexibility index (Phi) is 3.08. The van der Waals surface area contributed by atoms with Crippen molar-refractivity contribution in [3.63, 3.8) is 0 Å². The van der Waals surface area contributed by atoms with Crippen molar-refractivity contribution in [3.8, 4) is 11.1 Å². The number of unbranched alkanes of at least 4 members (excludes halogenated alkanes) is 1. The highest BCUT2D eigenvalue weighted by Gasteiger charge is 2.25. The summed E-state index contributed by atoms with van der Waals surface area (Å²) in [5, 5.41) is 3.37. The Morgan fingerprint density at radius 3 is 2.47 bits per heavy atom. The van der Waals surface area contributed by atoms with Gasteiger partial charge in [0.25, 0.3) is 0 Å². The lowest BCUT2D eigenvalue weighted by Gasteiger charge is -2.07. The number of hydrogen-bond acceptors (Lipinski definition) is 2. The molecule has 1 N–H and O–H groups in total. The molecular formula is C17H17NO. The molecular weight excluding hydrogens is 234 g/mol. The van der Waals surface area contributed by atoms with E-state index in [1.165, 1.54) is 6.42 Å². The first kappa shape index (κ1) is 12.0. The molecule has 0 spiro atoms. The molecule has 0 saturated carbocycles. The van der Waals surface area contributed by atoms with Gasteiger partial charge in [-0.1, -0.05) is 43.7 Å². The molecule has 0 unspecified atom stereocenters. The summed E-state index contributed by atoms with van der Waals surface area (Å²) in [6.45, 7) is 3.13. The SMILES string of the molecule is CCCCNc1ccc2c(c1)C(=O)c1ccccc1-2. The van der Waals surface area contributed by atoms with E-state index in [0.29, 0.717) is 0 Å². The number of carbonyl (C=O) groups is 1. The fraction of sp³-hybridized carbons (Fsp3) is 0.235. The molecule has 2 aromatic carbocycles. The number of hydrogen-bond donors (Lipinski definition) is 1. The predicted octanol–water partition coefficient (Wildman–Crippen LogP) is 4.11. The van der Waals surface area contributed by atoms with Gasteiger partial charge in [0.2, 0.25) is 0 Å². The number of rotatable bonds is 4. The van der Waals surface area contributed by atoms with Gasteiger partial charge in [-0.25, -0.2) is 0 Å². The molecule has 3 rings (SSSR count). The second-order valence-electron chi connectivity index (χ2n) is 4.92. The van der Waals surface area contributed by atoms with E-state index in [9.17, 15) is 4.79 Å². The minimum absolute atomic E-state index is 0.143. The van der Waals surface area contributed by atoms with Crippen LogP contribution < -0.4 is 5.32 Å². The molecule has 0 heterocycles. The monoisotopic (exact) mass is 251 g/mol. The Morgan fingerprint density at radius 2 is 1.68 bits per heavy atom. The second kappa shape index (κ2) is 4.88. The summed E-state index contributed by atoms with van der Waals surface area (Å²) >= 11 is 0. The van der Waals surface area contributed by atoms with Crippen LogP contribution in [0.15, 0.2) is 42.5 Å². The maximum atomic E-state index is 12.3. The van der Waals surface area contributed by atoms with Crippen molar-refractivity contribution in [2.45, 2.75) is 19.8 Å². The van der Waals surface area contributed by atoms with Gasteiger partial charge in [-0.15, -0.1) is 0 Å². The lowest BCUT2D eigenvalue weighted by molar-refractivity contribution is 0.104. The smallest absolute Gasteiger partial charge is 0.194 e. The van der Waals surface area contributed by atoms with Crippen LogP contribution in [-0.2, 0) is 0 Å². The zero-order valence-corrected chi connectivity index (χ0v) is 11.1.